The molecule has 0 saturated heterocycles. The van der Waals surface area contributed by atoms with Gasteiger partial charge in [0.2, 0.25) is 11.8 Å². The topological polar surface area (TPSA) is 78.5 Å². The van der Waals surface area contributed by atoms with E-state index in [-0.39, 0.29) is 17.0 Å². The molecule has 31 heavy (non-hydrogen) atoms. The van der Waals surface area contributed by atoms with Crippen LogP contribution in [-0.4, -0.2) is 23.8 Å². The Morgan fingerprint density at radius 3 is 2.48 bits per heavy atom. The average Bonchev–Trinajstić information content (AvgIpc) is 2.74. The van der Waals surface area contributed by atoms with Gasteiger partial charge in [0.05, 0.1) is 28.4 Å². The summed E-state index contributed by atoms with van der Waals surface area (Å²) in [6.45, 7) is 0. The van der Waals surface area contributed by atoms with Gasteiger partial charge in [0, 0.05) is 10.7 Å². The molecule has 3 aromatic carbocycles. The minimum absolute atomic E-state index is 0.244. The predicted molar refractivity (Wildman–Crippen MR) is 122 cm³/mol. The second kappa shape index (κ2) is 8.79. The number of anilines is 3. The first-order chi connectivity index (χ1) is 14.9. The molecule has 1 aliphatic heterocycles. The normalized spacial score (nSPS) is 15.1. The van der Waals surface area contributed by atoms with Crippen LogP contribution in [0, 0.1) is 0 Å². The molecule has 1 aliphatic rings. The van der Waals surface area contributed by atoms with Gasteiger partial charge in [-0.3, -0.25) is 19.3 Å². The molecule has 8 heteroatoms. The SMILES string of the molecule is O=C(C[C@@H]1C(=O)Nc2ccccc2N1C(=O)c1ccccc1Cl)Nc1cccc(Cl)c1. The van der Waals surface area contributed by atoms with Crippen LogP contribution in [0.25, 0.3) is 0 Å². The quantitative estimate of drug-likeness (QED) is 0.583. The standard InChI is InChI=1S/C23H17Cl2N3O3/c24-14-6-5-7-15(12-14)26-21(29)13-20-22(30)27-18-10-3-4-11-19(18)28(20)23(31)16-8-1-2-9-17(16)25/h1-12,20H,13H2,(H,26,29)(H,27,30)/t20-/m1/s1. The third kappa shape index (κ3) is 4.40. The van der Waals surface area contributed by atoms with Gasteiger partial charge >= 0.3 is 0 Å². The fourth-order valence-electron chi connectivity index (χ4n) is 3.44. The molecule has 4 rings (SSSR count). The van der Waals surface area contributed by atoms with Gasteiger partial charge in [-0.1, -0.05) is 53.5 Å². The Morgan fingerprint density at radius 2 is 1.71 bits per heavy atom. The van der Waals surface area contributed by atoms with E-state index >= 15 is 0 Å². The number of amides is 3. The summed E-state index contributed by atoms with van der Waals surface area (Å²) >= 11 is 12.2. The van der Waals surface area contributed by atoms with Crippen molar-refractivity contribution in [3.8, 4) is 0 Å². The maximum absolute atomic E-state index is 13.4. The lowest BCUT2D eigenvalue weighted by Crippen LogP contribution is -2.52. The first kappa shape index (κ1) is 20.9. The van der Waals surface area contributed by atoms with Crippen LogP contribution < -0.4 is 15.5 Å². The van der Waals surface area contributed by atoms with Gasteiger partial charge < -0.3 is 10.6 Å². The Hall–Kier alpha value is -3.35. The van der Waals surface area contributed by atoms with Crippen molar-refractivity contribution in [2.24, 2.45) is 0 Å². The molecule has 3 amide bonds. The molecule has 0 spiro atoms. The Kier molecular flexibility index (Phi) is 5.93. The highest BCUT2D eigenvalue weighted by molar-refractivity contribution is 6.35. The highest BCUT2D eigenvalue weighted by Gasteiger charge is 2.39. The molecule has 0 saturated carbocycles. The number of hydrogen-bond donors (Lipinski definition) is 2. The second-order valence-electron chi connectivity index (χ2n) is 6.94. The van der Waals surface area contributed by atoms with Crippen molar-refractivity contribution in [3.05, 3.63) is 88.4 Å². The van der Waals surface area contributed by atoms with Crippen LogP contribution in [0.3, 0.4) is 0 Å². The number of benzene rings is 3. The maximum atomic E-state index is 13.4. The summed E-state index contributed by atoms with van der Waals surface area (Å²) in [5.74, 6) is -1.35. The zero-order chi connectivity index (χ0) is 22.0. The molecule has 0 fully saturated rings. The van der Waals surface area contributed by atoms with Gasteiger partial charge in [0.25, 0.3) is 5.91 Å². The number of nitrogens with zero attached hydrogens (tertiary/aromatic N) is 1. The Bertz CT molecular complexity index is 1180. The van der Waals surface area contributed by atoms with Crippen molar-refractivity contribution >= 4 is 58.0 Å². The number of fused-ring (bicyclic) bond motifs is 1. The summed E-state index contributed by atoms with van der Waals surface area (Å²) in [5, 5.41) is 6.22. The molecule has 3 aromatic rings. The molecule has 0 bridgehead atoms. The van der Waals surface area contributed by atoms with Crippen LogP contribution in [0.5, 0.6) is 0 Å². The molecule has 6 nitrogen and oxygen atoms in total. The fraction of sp³-hybridized carbons (Fsp3) is 0.0870. The zero-order valence-corrected chi connectivity index (χ0v) is 17.7. The summed E-state index contributed by atoms with van der Waals surface area (Å²) in [6, 6.07) is 19.1. The van der Waals surface area contributed by atoms with Gasteiger partial charge in [0.15, 0.2) is 0 Å². The van der Waals surface area contributed by atoms with Gasteiger partial charge in [-0.15, -0.1) is 0 Å². The summed E-state index contributed by atoms with van der Waals surface area (Å²) in [5.41, 5.74) is 1.72. The first-order valence-electron chi connectivity index (χ1n) is 9.47. The summed E-state index contributed by atoms with van der Waals surface area (Å²) in [4.78, 5) is 40.4. The van der Waals surface area contributed by atoms with Crippen LogP contribution in [0.1, 0.15) is 16.8 Å². The van der Waals surface area contributed by atoms with Crippen LogP contribution >= 0.6 is 23.2 Å². The average molecular weight is 454 g/mol. The molecule has 0 aromatic heterocycles. The fourth-order valence-corrected chi connectivity index (χ4v) is 3.85. The summed E-state index contributed by atoms with van der Waals surface area (Å²) in [7, 11) is 0. The molecule has 156 valence electrons. The van der Waals surface area contributed by atoms with E-state index in [1.54, 1.807) is 72.8 Å². The number of hydrogen-bond acceptors (Lipinski definition) is 3. The number of carbonyl (C=O) groups excluding carboxylic acids is 3. The maximum Gasteiger partial charge on any atom is 0.260 e. The molecule has 1 atom stereocenters. The molecular formula is C23H17Cl2N3O3. The van der Waals surface area contributed by atoms with Gasteiger partial charge in [-0.05, 0) is 42.5 Å². The van der Waals surface area contributed by atoms with E-state index in [1.165, 1.54) is 4.90 Å². The first-order valence-corrected chi connectivity index (χ1v) is 10.2. The highest BCUT2D eigenvalue weighted by Crippen LogP contribution is 2.35. The third-order valence-electron chi connectivity index (χ3n) is 4.85. The second-order valence-corrected chi connectivity index (χ2v) is 7.78. The van der Waals surface area contributed by atoms with E-state index in [1.807, 2.05) is 0 Å². The van der Waals surface area contributed by atoms with Crippen molar-refractivity contribution in [2.75, 3.05) is 15.5 Å². The van der Waals surface area contributed by atoms with Gasteiger partial charge in [0.1, 0.15) is 6.04 Å². The van der Waals surface area contributed by atoms with Crippen molar-refractivity contribution in [3.63, 3.8) is 0 Å². The Labute approximate surface area is 188 Å². The van der Waals surface area contributed by atoms with E-state index in [2.05, 4.69) is 10.6 Å². The van der Waals surface area contributed by atoms with Crippen LogP contribution in [0.4, 0.5) is 17.1 Å². The van der Waals surface area contributed by atoms with Crippen molar-refractivity contribution in [2.45, 2.75) is 12.5 Å². The van der Waals surface area contributed by atoms with Crippen molar-refractivity contribution in [1.29, 1.82) is 0 Å². The monoisotopic (exact) mass is 453 g/mol. The predicted octanol–water partition coefficient (Wildman–Crippen LogP) is 4.99. The van der Waals surface area contributed by atoms with E-state index in [9.17, 15) is 14.4 Å². The summed E-state index contributed by atoms with van der Waals surface area (Å²) < 4.78 is 0. The van der Waals surface area contributed by atoms with Gasteiger partial charge in [-0.25, -0.2) is 0 Å². The van der Waals surface area contributed by atoms with Crippen molar-refractivity contribution < 1.29 is 14.4 Å². The third-order valence-corrected chi connectivity index (χ3v) is 5.41. The lowest BCUT2D eigenvalue weighted by molar-refractivity contribution is -0.122. The smallest absolute Gasteiger partial charge is 0.260 e. The largest absolute Gasteiger partial charge is 0.326 e. The number of nitrogens with one attached hydrogen (secondary N) is 2. The lowest BCUT2D eigenvalue weighted by atomic mass is 10.0. The van der Waals surface area contributed by atoms with Crippen LogP contribution in [0.15, 0.2) is 72.8 Å². The van der Waals surface area contributed by atoms with E-state index in [0.717, 1.165) is 0 Å². The highest BCUT2D eigenvalue weighted by atomic mass is 35.5. The van der Waals surface area contributed by atoms with Crippen LogP contribution in [-0.2, 0) is 9.59 Å². The minimum atomic E-state index is -1.06. The molecule has 0 aliphatic carbocycles. The number of rotatable bonds is 4. The minimum Gasteiger partial charge on any atom is -0.326 e. The Balaban J connectivity index is 1.67. The Morgan fingerprint density at radius 1 is 0.968 bits per heavy atom. The lowest BCUT2D eigenvalue weighted by Gasteiger charge is -2.36. The van der Waals surface area contributed by atoms with E-state index in [4.69, 9.17) is 23.2 Å². The number of halogens is 2. The molecule has 0 unspecified atom stereocenters. The van der Waals surface area contributed by atoms with Gasteiger partial charge in [-0.2, -0.15) is 0 Å². The zero-order valence-electron chi connectivity index (χ0n) is 16.1. The van der Waals surface area contributed by atoms with Crippen molar-refractivity contribution in [1.82, 2.24) is 0 Å². The molecule has 0 radical (unpaired) electrons. The van der Waals surface area contributed by atoms with E-state index < -0.39 is 23.8 Å². The molecule has 1 heterocycles. The number of para-hydroxylation sites is 2. The summed E-state index contributed by atoms with van der Waals surface area (Å²) in [6.07, 6.45) is -0.247. The van der Waals surface area contributed by atoms with Crippen LogP contribution in [0.2, 0.25) is 10.0 Å². The number of carbonyl (C=O) groups is 3. The molecular weight excluding hydrogens is 437 g/mol. The molecule has 2 N–H and O–H groups in total. The van der Waals surface area contributed by atoms with E-state index in [0.29, 0.717) is 22.1 Å².